The maximum Gasteiger partial charge on any atom is 0.334 e. The van der Waals surface area contributed by atoms with Crippen LogP contribution in [0.15, 0.2) is 24.3 Å². The maximum atomic E-state index is 12.5. The van der Waals surface area contributed by atoms with E-state index in [4.69, 9.17) is 0 Å². The summed E-state index contributed by atoms with van der Waals surface area (Å²) in [5.74, 6) is -1.64. The largest absolute Gasteiger partial charge is 0.334 e. The van der Waals surface area contributed by atoms with Crippen molar-refractivity contribution in [3.8, 4) is 0 Å². The molecular formula is C20H24N2O4. The summed E-state index contributed by atoms with van der Waals surface area (Å²) >= 11 is 0. The minimum absolute atomic E-state index is 0.214. The molecule has 6 nitrogen and oxygen atoms in total. The van der Waals surface area contributed by atoms with E-state index in [1.54, 1.807) is 12.1 Å². The van der Waals surface area contributed by atoms with Crippen molar-refractivity contribution in [3.05, 3.63) is 35.4 Å². The average Bonchev–Trinajstić information content (AvgIpc) is 3.24. The van der Waals surface area contributed by atoms with Gasteiger partial charge in [0.15, 0.2) is 5.78 Å². The Morgan fingerprint density at radius 2 is 1.69 bits per heavy atom. The number of amides is 4. The zero-order chi connectivity index (χ0) is 18.8. The summed E-state index contributed by atoms with van der Waals surface area (Å²) in [6, 6.07) is 6.35. The second kappa shape index (κ2) is 7.40. The zero-order valence-corrected chi connectivity index (χ0v) is 15.2. The van der Waals surface area contributed by atoms with Crippen LogP contribution in [0.2, 0.25) is 0 Å². The van der Waals surface area contributed by atoms with Crippen LogP contribution in [0.25, 0.3) is 0 Å². The molecular weight excluding hydrogens is 332 g/mol. The van der Waals surface area contributed by atoms with Crippen molar-refractivity contribution in [1.82, 2.24) is 9.80 Å². The van der Waals surface area contributed by atoms with Crippen LogP contribution >= 0.6 is 0 Å². The predicted octanol–water partition coefficient (Wildman–Crippen LogP) is 3.12. The third-order valence-electron chi connectivity index (χ3n) is 5.49. The number of carbonyl (C=O) groups excluding carboxylic acids is 4. The molecule has 26 heavy (non-hydrogen) atoms. The second-order valence-electron chi connectivity index (χ2n) is 7.14. The molecule has 138 valence electrons. The molecule has 1 aliphatic carbocycles. The molecule has 1 saturated carbocycles. The molecule has 6 heteroatoms. The highest BCUT2D eigenvalue weighted by molar-refractivity contribution is 6.45. The molecule has 4 amide bonds. The summed E-state index contributed by atoms with van der Waals surface area (Å²) in [6.45, 7) is 3.82. The van der Waals surface area contributed by atoms with Gasteiger partial charge in [-0.1, -0.05) is 51.0 Å². The number of hydrogen-bond donors (Lipinski definition) is 0. The summed E-state index contributed by atoms with van der Waals surface area (Å²) in [5, 5.41) is 0. The van der Waals surface area contributed by atoms with Crippen molar-refractivity contribution in [2.75, 3.05) is 6.54 Å². The van der Waals surface area contributed by atoms with Gasteiger partial charge in [0.2, 0.25) is 0 Å². The summed E-state index contributed by atoms with van der Waals surface area (Å²) in [4.78, 5) is 51.2. The van der Waals surface area contributed by atoms with E-state index in [9.17, 15) is 19.2 Å². The number of carbonyl (C=O) groups is 4. The van der Waals surface area contributed by atoms with Crippen LogP contribution in [0, 0.1) is 0 Å². The van der Waals surface area contributed by atoms with Crippen LogP contribution in [0.1, 0.15) is 67.8 Å². The van der Waals surface area contributed by atoms with Crippen molar-refractivity contribution in [2.45, 2.75) is 57.9 Å². The highest BCUT2D eigenvalue weighted by Gasteiger charge is 2.48. The fourth-order valence-electron chi connectivity index (χ4n) is 3.61. The number of nitrogens with zero attached hydrogens (tertiary/aromatic N) is 2. The van der Waals surface area contributed by atoms with Gasteiger partial charge in [-0.15, -0.1) is 0 Å². The quantitative estimate of drug-likeness (QED) is 0.446. The summed E-state index contributed by atoms with van der Waals surface area (Å²) in [7, 11) is 0. The highest BCUT2D eigenvalue weighted by Crippen LogP contribution is 2.28. The van der Waals surface area contributed by atoms with Gasteiger partial charge in [-0.25, -0.2) is 9.69 Å². The molecule has 0 bridgehead atoms. The lowest BCUT2D eigenvalue weighted by molar-refractivity contribution is -0.143. The van der Waals surface area contributed by atoms with E-state index in [2.05, 4.69) is 13.8 Å². The first-order chi connectivity index (χ1) is 12.4. The van der Waals surface area contributed by atoms with E-state index in [1.807, 2.05) is 12.1 Å². The van der Waals surface area contributed by atoms with Crippen molar-refractivity contribution < 1.29 is 19.2 Å². The molecule has 1 heterocycles. The Hall–Kier alpha value is -2.50. The van der Waals surface area contributed by atoms with Crippen LogP contribution in [0.3, 0.4) is 0 Å². The first-order valence-electron chi connectivity index (χ1n) is 9.26. The average molecular weight is 356 g/mol. The van der Waals surface area contributed by atoms with Crippen LogP contribution in [-0.2, 0) is 9.59 Å². The Kier molecular flexibility index (Phi) is 5.20. The van der Waals surface area contributed by atoms with E-state index in [-0.39, 0.29) is 11.8 Å². The molecule has 3 rings (SSSR count). The Labute approximate surface area is 153 Å². The van der Waals surface area contributed by atoms with Crippen LogP contribution < -0.4 is 0 Å². The smallest absolute Gasteiger partial charge is 0.292 e. The maximum absolute atomic E-state index is 12.5. The van der Waals surface area contributed by atoms with Crippen LogP contribution in [0.4, 0.5) is 4.79 Å². The van der Waals surface area contributed by atoms with Gasteiger partial charge in [0.05, 0.1) is 6.54 Å². The van der Waals surface area contributed by atoms with Crippen molar-refractivity contribution in [2.24, 2.45) is 0 Å². The molecule has 1 aliphatic heterocycles. The summed E-state index contributed by atoms with van der Waals surface area (Å²) in [6.07, 6.45) is 4.34. The predicted molar refractivity (Wildman–Crippen MR) is 95.7 cm³/mol. The van der Waals surface area contributed by atoms with Crippen LogP contribution in [0.5, 0.6) is 0 Å². The topological polar surface area (TPSA) is 74.8 Å². The van der Waals surface area contributed by atoms with Gasteiger partial charge in [0, 0.05) is 11.6 Å². The number of Topliss-reactive ketones (excluding diaryl/α,β-unsaturated/α-hetero) is 1. The molecule has 1 aromatic rings. The molecule has 2 fully saturated rings. The lowest BCUT2D eigenvalue weighted by atomic mass is 9.97. The van der Waals surface area contributed by atoms with E-state index in [1.165, 1.54) is 0 Å². The second-order valence-corrected chi connectivity index (χ2v) is 7.14. The normalized spacial score (nSPS) is 19.5. The number of rotatable bonds is 6. The fourth-order valence-corrected chi connectivity index (χ4v) is 3.61. The minimum Gasteiger partial charge on any atom is -0.292 e. The Bertz CT molecular complexity index is 735. The van der Waals surface area contributed by atoms with Gasteiger partial charge >= 0.3 is 17.8 Å². The number of urea groups is 1. The fraction of sp³-hybridized carbons (Fsp3) is 0.500. The Morgan fingerprint density at radius 3 is 2.27 bits per heavy atom. The lowest BCUT2D eigenvalue weighted by Gasteiger charge is -2.20. The van der Waals surface area contributed by atoms with E-state index >= 15 is 0 Å². The van der Waals surface area contributed by atoms with Gasteiger partial charge in [-0.2, -0.15) is 0 Å². The standard InChI is InChI=1S/C20H24N2O4/c1-3-13(2)14-8-10-15(11-9-14)17(23)12-21-18(24)19(25)22(20(21)26)16-6-4-5-7-16/h8-11,13,16H,3-7,12H2,1-2H3/t13-/m1/s1. The molecule has 1 saturated heterocycles. The van der Waals surface area contributed by atoms with Crippen molar-refractivity contribution >= 4 is 23.6 Å². The molecule has 0 aromatic heterocycles. The number of imide groups is 2. The highest BCUT2D eigenvalue weighted by atomic mass is 16.2. The number of benzene rings is 1. The van der Waals surface area contributed by atoms with Crippen molar-refractivity contribution in [3.63, 3.8) is 0 Å². The Balaban J connectivity index is 1.71. The third kappa shape index (κ3) is 3.28. The minimum atomic E-state index is -0.897. The molecule has 0 unspecified atom stereocenters. The number of ketones is 1. The van der Waals surface area contributed by atoms with E-state index in [0.29, 0.717) is 11.5 Å². The third-order valence-corrected chi connectivity index (χ3v) is 5.49. The van der Waals surface area contributed by atoms with Gasteiger partial charge < -0.3 is 0 Å². The molecule has 0 N–H and O–H groups in total. The molecule has 0 spiro atoms. The SMILES string of the molecule is CC[C@@H](C)c1ccc(C(=O)CN2C(=O)C(=O)N(C3CCCC3)C2=O)cc1. The Morgan fingerprint density at radius 1 is 1.08 bits per heavy atom. The summed E-state index contributed by atoms with van der Waals surface area (Å²) in [5.41, 5.74) is 1.57. The van der Waals surface area contributed by atoms with E-state index < -0.39 is 24.4 Å². The monoisotopic (exact) mass is 356 g/mol. The van der Waals surface area contributed by atoms with Gasteiger partial charge in [-0.05, 0) is 30.7 Å². The molecule has 2 aliphatic rings. The summed E-state index contributed by atoms with van der Waals surface area (Å²) < 4.78 is 0. The molecule has 1 aromatic carbocycles. The van der Waals surface area contributed by atoms with Gasteiger partial charge in [0.25, 0.3) is 0 Å². The van der Waals surface area contributed by atoms with Gasteiger partial charge in [-0.3, -0.25) is 19.3 Å². The zero-order valence-electron chi connectivity index (χ0n) is 15.2. The van der Waals surface area contributed by atoms with Crippen LogP contribution in [-0.4, -0.2) is 46.0 Å². The van der Waals surface area contributed by atoms with Gasteiger partial charge in [0.1, 0.15) is 0 Å². The molecule has 1 atom stereocenters. The lowest BCUT2D eigenvalue weighted by Crippen LogP contribution is -2.41. The number of hydrogen-bond acceptors (Lipinski definition) is 4. The van der Waals surface area contributed by atoms with E-state index in [0.717, 1.165) is 47.5 Å². The van der Waals surface area contributed by atoms with Crippen molar-refractivity contribution in [1.29, 1.82) is 0 Å². The first-order valence-corrected chi connectivity index (χ1v) is 9.26. The first kappa shape index (κ1) is 18.3. The molecule has 0 radical (unpaired) electrons.